The van der Waals surface area contributed by atoms with Gasteiger partial charge in [0, 0.05) is 17.1 Å². The number of benzene rings is 2. The van der Waals surface area contributed by atoms with E-state index in [1.165, 1.54) is 25.7 Å². The highest BCUT2D eigenvalue weighted by atomic mass is 35.5. The maximum absolute atomic E-state index is 6.54. The highest BCUT2D eigenvalue weighted by Gasteiger charge is 2.14. The molecule has 0 spiro atoms. The largest absolute Gasteiger partial charge is 0.490 e. The molecule has 3 rings (SSSR count). The molecule has 0 fully saturated rings. The highest BCUT2D eigenvalue weighted by molar-refractivity contribution is 6.32. The average Bonchev–Trinajstić information content (AvgIpc) is 2.73. The molecule has 0 saturated carbocycles. The summed E-state index contributed by atoms with van der Waals surface area (Å²) in [4.78, 5) is 0. The average molecular weight is 471 g/mol. The van der Waals surface area contributed by atoms with Crippen LogP contribution in [0, 0.1) is 0 Å². The fourth-order valence-electron chi connectivity index (χ4n) is 3.51. The molecule has 30 heavy (non-hydrogen) atoms. The third kappa shape index (κ3) is 7.39. The van der Waals surface area contributed by atoms with E-state index in [9.17, 15) is 0 Å². The molecule has 0 aliphatic heterocycles. The van der Waals surface area contributed by atoms with E-state index in [2.05, 4.69) is 11.4 Å². The Morgan fingerprint density at radius 1 is 1.03 bits per heavy atom. The van der Waals surface area contributed by atoms with Gasteiger partial charge in [0.05, 0.1) is 11.6 Å². The maximum Gasteiger partial charge on any atom is 0.180 e. The van der Waals surface area contributed by atoms with Crippen molar-refractivity contribution < 1.29 is 9.47 Å². The molecule has 0 amide bonds. The van der Waals surface area contributed by atoms with Crippen LogP contribution in [-0.2, 0) is 13.2 Å². The molecule has 0 aromatic heterocycles. The Bertz CT molecular complexity index is 839. The van der Waals surface area contributed by atoms with Crippen LogP contribution in [0.2, 0.25) is 10.0 Å². The van der Waals surface area contributed by atoms with Crippen molar-refractivity contribution in [3.05, 3.63) is 69.2 Å². The van der Waals surface area contributed by atoms with E-state index in [-0.39, 0.29) is 12.4 Å². The van der Waals surface area contributed by atoms with E-state index < -0.39 is 0 Å². The number of hydrogen-bond donors (Lipinski definition) is 1. The van der Waals surface area contributed by atoms with Gasteiger partial charge in [0.15, 0.2) is 11.5 Å². The Kier molecular flexibility index (Phi) is 10.9. The number of hydrogen-bond acceptors (Lipinski definition) is 3. The van der Waals surface area contributed by atoms with Crippen LogP contribution in [0.4, 0.5) is 0 Å². The summed E-state index contributed by atoms with van der Waals surface area (Å²) in [6, 6.07) is 11.6. The zero-order chi connectivity index (χ0) is 20.5. The third-order valence-corrected chi connectivity index (χ3v) is 5.69. The van der Waals surface area contributed by atoms with Crippen molar-refractivity contribution in [2.75, 3.05) is 13.2 Å². The topological polar surface area (TPSA) is 30.5 Å². The first-order valence-corrected chi connectivity index (χ1v) is 11.1. The molecule has 1 N–H and O–H groups in total. The summed E-state index contributed by atoms with van der Waals surface area (Å²) in [7, 11) is 0. The predicted molar refractivity (Wildman–Crippen MR) is 129 cm³/mol. The Labute approximate surface area is 196 Å². The molecule has 164 valence electrons. The molecule has 0 saturated heterocycles. The lowest BCUT2D eigenvalue weighted by atomic mass is 9.97. The van der Waals surface area contributed by atoms with Crippen LogP contribution in [0.15, 0.2) is 48.0 Å². The highest BCUT2D eigenvalue weighted by Crippen LogP contribution is 2.37. The van der Waals surface area contributed by atoms with Gasteiger partial charge in [-0.15, -0.1) is 12.4 Å². The van der Waals surface area contributed by atoms with Gasteiger partial charge >= 0.3 is 0 Å². The van der Waals surface area contributed by atoms with E-state index in [1.807, 2.05) is 43.3 Å². The second-order valence-corrected chi connectivity index (χ2v) is 8.07. The van der Waals surface area contributed by atoms with Gasteiger partial charge in [-0.3, -0.25) is 0 Å². The molecule has 0 unspecified atom stereocenters. The van der Waals surface area contributed by atoms with Gasteiger partial charge in [-0.2, -0.15) is 0 Å². The van der Waals surface area contributed by atoms with E-state index >= 15 is 0 Å². The minimum Gasteiger partial charge on any atom is -0.490 e. The van der Waals surface area contributed by atoms with Gasteiger partial charge in [-0.1, -0.05) is 53.1 Å². The third-order valence-electron chi connectivity index (χ3n) is 5.04. The first-order chi connectivity index (χ1) is 14.2. The molecule has 6 heteroatoms. The lowest BCUT2D eigenvalue weighted by Crippen LogP contribution is -2.16. The van der Waals surface area contributed by atoms with Crippen molar-refractivity contribution >= 4 is 35.6 Å². The summed E-state index contributed by atoms with van der Waals surface area (Å²) >= 11 is 12.8. The zero-order valence-corrected chi connectivity index (χ0v) is 19.7. The lowest BCUT2D eigenvalue weighted by Gasteiger charge is -2.16. The molecular weight excluding hydrogens is 441 g/mol. The molecule has 0 radical (unpaired) electrons. The number of allylic oxidation sites excluding steroid dienone is 1. The normalized spacial score (nSPS) is 13.4. The van der Waals surface area contributed by atoms with Gasteiger partial charge in [-0.25, -0.2) is 0 Å². The second kappa shape index (κ2) is 13.1. The number of rotatable bonds is 10. The van der Waals surface area contributed by atoms with Crippen LogP contribution < -0.4 is 14.8 Å². The number of nitrogens with one attached hydrogen (secondary N) is 1. The standard InChI is InChI=1S/C24H29Cl2NO2.ClH/c1-2-28-23-15-19(16-27-13-12-18-8-4-3-5-9-18)14-22(26)24(23)29-17-20-10-6-7-11-21(20)25;/h6-8,10-11,14-15,27H,2-5,9,12-13,16-17H2,1H3;1H. The zero-order valence-electron chi connectivity index (χ0n) is 17.4. The van der Waals surface area contributed by atoms with Crippen molar-refractivity contribution in [1.29, 1.82) is 0 Å². The van der Waals surface area contributed by atoms with Gasteiger partial charge in [0.1, 0.15) is 6.61 Å². The summed E-state index contributed by atoms with van der Waals surface area (Å²) in [6.45, 7) is 4.56. The molecule has 1 aliphatic rings. The van der Waals surface area contributed by atoms with Crippen LogP contribution >= 0.6 is 35.6 Å². The fraction of sp³-hybridized carbons (Fsp3) is 0.417. The van der Waals surface area contributed by atoms with Crippen molar-refractivity contribution in [2.45, 2.75) is 52.2 Å². The molecule has 2 aromatic carbocycles. The monoisotopic (exact) mass is 469 g/mol. The Morgan fingerprint density at radius 2 is 1.87 bits per heavy atom. The van der Waals surface area contributed by atoms with E-state index in [1.54, 1.807) is 5.57 Å². The minimum atomic E-state index is 0. The Hall–Kier alpha value is -1.39. The van der Waals surface area contributed by atoms with Crippen molar-refractivity contribution in [3.63, 3.8) is 0 Å². The molecular formula is C24H30Cl3NO2. The van der Waals surface area contributed by atoms with E-state index in [0.717, 1.165) is 30.6 Å². The molecule has 1 aliphatic carbocycles. The summed E-state index contributed by atoms with van der Waals surface area (Å²) in [5, 5.41) is 4.74. The molecule has 3 nitrogen and oxygen atoms in total. The second-order valence-electron chi connectivity index (χ2n) is 7.25. The van der Waals surface area contributed by atoms with Gasteiger partial charge in [-0.05, 0) is 69.3 Å². The van der Waals surface area contributed by atoms with Crippen molar-refractivity contribution in [1.82, 2.24) is 5.32 Å². The number of halogens is 3. The quantitative estimate of drug-likeness (QED) is 0.290. The van der Waals surface area contributed by atoms with Crippen LogP contribution in [0.1, 0.15) is 50.2 Å². The first-order valence-electron chi connectivity index (χ1n) is 10.4. The van der Waals surface area contributed by atoms with Gasteiger partial charge < -0.3 is 14.8 Å². The van der Waals surface area contributed by atoms with Crippen LogP contribution in [0.25, 0.3) is 0 Å². The summed E-state index contributed by atoms with van der Waals surface area (Å²) in [5.41, 5.74) is 3.58. The predicted octanol–water partition coefficient (Wildman–Crippen LogP) is 7.37. The fourth-order valence-corrected chi connectivity index (χ4v) is 3.98. The Morgan fingerprint density at radius 3 is 2.60 bits per heavy atom. The summed E-state index contributed by atoms with van der Waals surface area (Å²) in [5.74, 6) is 1.23. The Balaban J connectivity index is 0.00000320. The van der Waals surface area contributed by atoms with Crippen LogP contribution in [-0.4, -0.2) is 13.2 Å². The van der Waals surface area contributed by atoms with Gasteiger partial charge in [0.25, 0.3) is 0 Å². The SMILES string of the molecule is CCOc1cc(CNCCC2=CCCCC2)cc(Cl)c1OCc1ccccc1Cl.Cl. The molecule has 2 aromatic rings. The van der Waals surface area contributed by atoms with Gasteiger partial charge in [0.2, 0.25) is 0 Å². The van der Waals surface area contributed by atoms with Crippen LogP contribution in [0.3, 0.4) is 0 Å². The van der Waals surface area contributed by atoms with Crippen LogP contribution in [0.5, 0.6) is 11.5 Å². The van der Waals surface area contributed by atoms with Crippen molar-refractivity contribution in [2.24, 2.45) is 0 Å². The molecule has 0 atom stereocenters. The summed E-state index contributed by atoms with van der Waals surface area (Å²) < 4.78 is 11.8. The summed E-state index contributed by atoms with van der Waals surface area (Å²) in [6.07, 6.45) is 8.67. The maximum atomic E-state index is 6.54. The molecule has 0 bridgehead atoms. The van der Waals surface area contributed by atoms with E-state index in [4.69, 9.17) is 32.7 Å². The lowest BCUT2D eigenvalue weighted by molar-refractivity contribution is 0.269. The first kappa shape index (κ1) is 24.9. The minimum absolute atomic E-state index is 0. The smallest absolute Gasteiger partial charge is 0.180 e. The number of ether oxygens (including phenoxy) is 2. The van der Waals surface area contributed by atoms with Crippen molar-refractivity contribution in [3.8, 4) is 11.5 Å². The van der Waals surface area contributed by atoms with E-state index in [0.29, 0.717) is 34.8 Å². The molecule has 0 heterocycles.